The van der Waals surface area contributed by atoms with E-state index in [0.717, 1.165) is 23.9 Å². The van der Waals surface area contributed by atoms with E-state index >= 15 is 0 Å². The summed E-state index contributed by atoms with van der Waals surface area (Å²) in [4.78, 5) is 44.4. The van der Waals surface area contributed by atoms with Crippen LogP contribution in [0.4, 0.5) is 5.69 Å². The van der Waals surface area contributed by atoms with Gasteiger partial charge in [-0.05, 0) is 44.0 Å². The van der Waals surface area contributed by atoms with Gasteiger partial charge in [0.2, 0.25) is 5.91 Å². The van der Waals surface area contributed by atoms with Crippen LogP contribution in [0.3, 0.4) is 0 Å². The normalized spacial score (nSPS) is 19.2. The lowest BCUT2D eigenvalue weighted by atomic mass is 10.0. The molecule has 1 fully saturated rings. The number of para-hydroxylation sites is 4. The molecule has 3 heterocycles. The Balaban J connectivity index is 1.22. The molecule has 2 amide bonds. The van der Waals surface area contributed by atoms with Crippen LogP contribution in [0.1, 0.15) is 32.2 Å². The number of aromatic amines is 1. The molecule has 1 atom stereocenters. The van der Waals surface area contributed by atoms with Gasteiger partial charge < -0.3 is 19.5 Å². The number of fused-ring (bicyclic) bond motifs is 2. The molecule has 1 N–H and O–H groups in total. The number of benzene rings is 2. The van der Waals surface area contributed by atoms with Crippen molar-refractivity contribution in [1.82, 2.24) is 14.5 Å². The summed E-state index contributed by atoms with van der Waals surface area (Å²) in [6.07, 6.45) is 1.14. The molecule has 166 valence electrons. The van der Waals surface area contributed by atoms with E-state index in [2.05, 4.69) is 4.98 Å². The van der Waals surface area contributed by atoms with Gasteiger partial charge in [0.15, 0.2) is 6.10 Å². The molecular weight excluding hydrogens is 408 g/mol. The number of carbonyl (C=O) groups is 2. The van der Waals surface area contributed by atoms with Gasteiger partial charge in [0.05, 0.1) is 16.7 Å². The van der Waals surface area contributed by atoms with Gasteiger partial charge in [-0.2, -0.15) is 0 Å². The number of hydrogen-bond acceptors (Lipinski definition) is 4. The minimum Gasteiger partial charge on any atom is -0.479 e. The summed E-state index contributed by atoms with van der Waals surface area (Å²) in [7, 11) is 0. The van der Waals surface area contributed by atoms with E-state index < -0.39 is 6.10 Å². The molecule has 0 radical (unpaired) electrons. The van der Waals surface area contributed by atoms with Crippen LogP contribution in [-0.4, -0.2) is 52.0 Å². The summed E-state index contributed by atoms with van der Waals surface area (Å²) in [5, 5.41) is 0. The van der Waals surface area contributed by atoms with Crippen molar-refractivity contribution in [1.29, 1.82) is 0 Å². The molecule has 8 nitrogen and oxygen atoms in total. The predicted molar refractivity (Wildman–Crippen MR) is 121 cm³/mol. The summed E-state index contributed by atoms with van der Waals surface area (Å²) in [6.45, 7) is 3.24. The molecule has 1 saturated heterocycles. The Morgan fingerprint density at radius 1 is 1.06 bits per heavy atom. The third-order valence-electron chi connectivity index (χ3n) is 6.43. The number of nitrogens with zero attached hydrogens (tertiary/aromatic N) is 3. The molecule has 32 heavy (non-hydrogen) atoms. The smallest absolute Gasteiger partial charge is 0.326 e. The molecule has 1 unspecified atom stereocenters. The van der Waals surface area contributed by atoms with E-state index in [4.69, 9.17) is 4.74 Å². The molecule has 0 saturated carbocycles. The van der Waals surface area contributed by atoms with Crippen molar-refractivity contribution in [3.05, 3.63) is 59.0 Å². The Morgan fingerprint density at radius 3 is 2.59 bits per heavy atom. The molecule has 2 aliphatic heterocycles. The number of nitrogens with one attached hydrogen (secondary N) is 1. The fourth-order valence-electron chi connectivity index (χ4n) is 4.77. The average molecular weight is 434 g/mol. The number of amides is 2. The van der Waals surface area contributed by atoms with Crippen LogP contribution in [0.15, 0.2) is 53.3 Å². The van der Waals surface area contributed by atoms with Crippen LogP contribution < -0.4 is 15.3 Å². The third-order valence-corrected chi connectivity index (χ3v) is 6.43. The number of rotatable bonds is 4. The summed E-state index contributed by atoms with van der Waals surface area (Å²) in [6, 6.07) is 15.2. The Hall–Kier alpha value is -3.55. The zero-order chi connectivity index (χ0) is 22.2. The standard InChI is InChI=1S/C24H26N4O4/c1-16-23(30)27(20-8-4-5-9-21(20)32-16)15-12-22(29)26-13-10-17(11-14-26)28-19-7-3-2-6-18(19)25-24(28)31/h2-9,16-17H,10-15H2,1H3,(H,25,31). The molecule has 2 aliphatic rings. The van der Waals surface area contributed by atoms with Gasteiger partial charge in [-0.25, -0.2) is 4.79 Å². The summed E-state index contributed by atoms with van der Waals surface area (Å²) in [5.41, 5.74) is 2.34. The molecule has 3 aromatic rings. The molecule has 0 spiro atoms. The monoisotopic (exact) mass is 434 g/mol. The van der Waals surface area contributed by atoms with Crippen LogP contribution in [-0.2, 0) is 9.59 Å². The minimum atomic E-state index is -0.565. The van der Waals surface area contributed by atoms with Crippen LogP contribution in [0.2, 0.25) is 0 Å². The second kappa shape index (κ2) is 8.18. The molecule has 0 aliphatic carbocycles. The van der Waals surface area contributed by atoms with Crippen molar-refractivity contribution in [3.63, 3.8) is 0 Å². The summed E-state index contributed by atoms with van der Waals surface area (Å²) in [5.74, 6) is 0.560. The highest BCUT2D eigenvalue weighted by molar-refractivity contribution is 6.00. The molecule has 2 aromatic carbocycles. The van der Waals surface area contributed by atoms with Crippen molar-refractivity contribution in [3.8, 4) is 5.75 Å². The topological polar surface area (TPSA) is 87.6 Å². The highest BCUT2D eigenvalue weighted by Crippen LogP contribution is 2.34. The van der Waals surface area contributed by atoms with Crippen molar-refractivity contribution in [2.24, 2.45) is 0 Å². The van der Waals surface area contributed by atoms with Gasteiger partial charge in [0, 0.05) is 32.1 Å². The number of ether oxygens (including phenoxy) is 1. The Kier molecular flexibility index (Phi) is 5.20. The first kappa shape index (κ1) is 20.4. The van der Waals surface area contributed by atoms with Crippen molar-refractivity contribution < 1.29 is 14.3 Å². The van der Waals surface area contributed by atoms with E-state index in [-0.39, 0.29) is 30.0 Å². The third kappa shape index (κ3) is 3.55. The summed E-state index contributed by atoms with van der Waals surface area (Å²) < 4.78 is 7.49. The highest BCUT2D eigenvalue weighted by Gasteiger charge is 2.32. The lowest BCUT2D eigenvalue weighted by Crippen LogP contribution is -2.46. The first-order valence-corrected chi connectivity index (χ1v) is 11.1. The van der Waals surface area contributed by atoms with Gasteiger partial charge >= 0.3 is 5.69 Å². The molecule has 0 bridgehead atoms. The zero-order valence-corrected chi connectivity index (χ0v) is 18.0. The zero-order valence-electron chi connectivity index (χ0n) is 18.0. The van der Waals surface area contributed by atoms with E-state index in [1.807, 2.05) is 58.0 Å². The van der Waals surface area contributed by atoms with Gasteiger partial charge in [-0.15, -0.1) is 0 Å². The minimum absolute atomic E-state index is 0.0270. The Labute approximate surface area is 185 Å². The maximum atomic E-state index is 12.9. The lowest BCUT2D eigenvalue weighted by molar-refractivity contribution is -0.132. The van der Waals surface area contributed by atoms with Gasteiger partial charge in [-0.3, -0.25) is 14.2 Å². The van der Waals surface area contributed by atoms with Crippen molar-refractivity contribution in [2.45, 2.75) is 38.3 Å². The average Bonchev–Trinajstić information content (AvgIpc) is 3.15. The molecular formula is C24H26N4O4. The number of hydrogen-bond donors (Lipinski definition) is 1. The number of anilines is 1. The van der Waals surface area contributed by atoms with Crippen LogP contribution in [0.25, 0.3) is 11.0 Å². The van der Waals surface area contributed by atoms with Crippen molar-refractivity contribution in [2.75, 3.05) is 24.5 Å². The number of likely N-dealkylation sites (tertiary alicyclic amines) is 1. The fraction of sp³-hybridized carbons (Fsp3) is 0.375. The maximum Gasteiger partial charge on any atom is 0.326 e. The molecule has 1 aromatic heterocycles. The SMILES string of the molecule is CC1Oc2ccccc2N(CCC(=O)N2CCC(n3c(=O)[nH]c4ccccc43)CC2)C1=O. The fourth-order valence-corrected chi connectivity index (χ4v) is 4.77. The number of H-pyrrole nitrogens is 1. The lowest BCUT2D eigenvalue weighted by Gasteiger charge is -2.35. The molecule has 5 rings (SSSR count). The molecule has 8 heteroatoms. The highest BCUT2D eigenvalue weighted by atomic mass is 16.5. The van der Waals surface area contributed by atoms with Crippen LogP contribution in [0, 0.1) is 0 Å². The van der Waals surface area contributed by atoms with Gasteiger partial charge in [-0.1, -0.05) is 24.3 Å². The predicted octanol–water partition coefficient (Wildman–Crippen LogP) is 2.70. The Bertz CT molecular complexity index is 1220. The van der Waals surface area contributed by atoms with E-state index in [9.17, 15) is 14.4 Å². The second-order valence-electron chi connectivity index (χ2n) is 8.40. The van der Waals surface area contributed by atoms with Crippen LogP contribution >= 0.6 is 0 Å². The van der Waals surface area contributed by atoms with Crippen LogP contribution in [0.5, 0.6) is 5.75 Å². The van der Waals surface area contributed by atoms with E-state index in [1.165, 1.54) is 0 Å². The Morgan fingerprint density at radius 2 is 1.78 bits per heavy atom. The number of imidazole rings is 1. The van der Waals surface area contributed by atoms with E-state index in [1.54, 1.807) is 11.8 Å². The van der Waals surface area contributed by atoms with E-state index in [0.29, 0.717) is 31.1 Å². The van der Waals surface area contributed by atoms with Crippen molar-refractivity contribution >= 4 is 28.5 Å². The van der Waals surface area contributed by atoms with Gasteiger partial charge in [0.25, 0.3) is 5.91 Å². The number of aromatic nitrogens is 2. The quantitative estimate of drug-likeness (QED) is 0.684. The van der Waals surface area contributed by atoms with Gasteiger partial charge in [0.1, 0.15) is 5.75 Å². The summed E-state index contributed by atoms with van der Waals surface area (Å²) >= 11 is 0. The largest absolute Gasteiger partial charge is 0.479 e. The second-order valence-corrected chi connectivity index (χ2v) is 8.40. The number of carbonyl (C=O) groups excluding carboxylic acids is 2. The number of piperidine rings is 1. The first-order chi connectivity index (χ1) is 15.5. The maximum absolute atomic E-state index is 12.9. The first-order valence-electron chi connectivity index (χ1n) is 11.1.